The van der Waals surface area contributed by atoms with Gasteiger partial charge in [0.05, 0.1) is 11.1 Å². The number of hydrogen-bond acceptors (Lipinski definition) is 9. The minimum Gasteiger partial charge on any atom is -0.508 e. The molecule has 0 aromatic heterocycles. The van der Waals surface area contributed by atoms with Crippen molar-refractivity contribution in [2.75, 3.05) is 57.3 Å². The number of amides is 4. The Morgan fingerprint density at radius 2 is 1.39 bits per heavy atom. The van der Waals surface area contributed by atoms with E-state index in [0.717, 1.165) is 94.4 Å². The van der Waals surface area contributed by atoms with Crippen molar-refractivity contribution in [2.24, 2.45) is 0 Å². The van der Waals surface area contributed by atoms with Crippen LogP contribution in [-0.2, 0) is 16.0 Å². The molecule has 3 saturated heterocycles. The third-order valence-corrected chi connectivity index (χ3v) is 12.8. The zero-order chi connectivity index (χ0) is 39.0. The number of phenols is 1. The largest absolute Gasteiger partial charge is 0.508 e. The lowest BCUT2D eigenvalue weighted by molar-refractivity contribution is -0.136. The van der Waals surface area contributed by atoms with Gasteiger partial charge in [-0.05, 0) is 103 Å². The molecule has 11 heteroatoms. The van der Waals surface area contributed by atoms with Crippen molar-refractivity contribution >= 4 is 29.3 Å². The van der Waals surface area contributed by atoms with E-state index in [1.165, 1.54) is 22.3 Å². The first-order chi connectivity index (χ1) is 27.8. The van der Waals surface area contributed by atoms with Crippen LogP contribution in [0.4, 0.5) is 5.69 Å². The van der Waals surface area contributed by atoms with Crippen LogP contribution in [0.2, 0.25) is 0 Å². The summed E-state index contributed by atoms with van der Waals surface area (Å²) in [5, 5.41) is 12.4. The second-order valence-corrected chi connectivity index (χ2v) is 16.2. The Labute approximate surface area is 333 Å². The minimum absolute atomic E-state index is 0.101. The predicted molar refractivity (Wildman–Crippen MR) is 216 cm³/mol. The molecule has 4 aromatic carbocycles. The van der Waals surface area contributed by atoms with Crippen LogP contribution in [0.25, 0.3) is 0 Å². The van der Waals surface area contributed by atoms with Gasteiger partial charge in [0.1, 0.15) is 23.6 Å². The number of rotatable bonds is 9. The second-order valence-electron chi connectivity index (χ2n) is 16.2. The number of likely N-dealkylation sites (tertiary alicyclic amines) is 1. The van der Waals surface area contributed by atoms with Crippen LogP contribution in [0.15, 0.2) is 91.0 Å². The smallest absolute Gasteiger partial charge is 0.262 e. The van der Waals surface area contributed by atoms with Crippen molar-refractivity contribution in [1.29, 1.82) is 0 Å². The SMILES string of the molecule is O=C1CCC(N2C(=O)c3ccc(N4CCN(CCN5CCC(Oc6ccc([C@@H]7c8ccc(O)cc8CC[C@@H]7c7ccccc7)cc6)CC5)CC4)cc3C2=O)C(=O)N1. The van der Waals surface area contributed by atoms with Crippen LogP contribution in [0.5, 0.6) is 11.5 Å². The van der Waals surface area contributed by atoms with Crippen molar-refractivity contribution in [3.8, 4) is 11.5 Å². The molecule has 1 aliphatic carbocycles. The monoisotopic (exact) mass is 767 g/mol. The Balaban J connectivity index is 0.742. The van der Waals surface area contributed by atoms with Gasteiger partial charge < -0.3 is 19.6 Å². The number of piperazine rings is 1. The fourth-order valence-corrected chi connectivity index (χ4v) is 9.64. The number of ether oxygens (including phenoxy) is 1. The third kappa shape index (κ3) is 7.54. The zero-order valence-electron chi connectivity index (χ0n) is 32.1. The number of phenolic OH excluding ortho intramolecular Hbond substituents is 1. The molecule has 57 heavy (non-hydrogen) atoms. The summed E-state index contributed by atoms with van der Waals surface area (Å²) in [6.07, 6.45) is 4.42. The summed E-state index contributed by atoms with van der Waals surface area (Å²) < 4.78 is 6.53. The highest BCUT2D eigenvalue weighted by atomic mass is 16.5. The average molecular weight is 768 g/mol. The Bertz CT molecular complexity index is 2160. The van der Waals surface area contributed by atoms with Gasteiger partial charge in [0, 0.05) is 70.4 Å². The topological polar surface area (TPSA) is 123 Å². The molecule has 0 bridgehead atoms. The van der Waals surface area contributed by atoms with Gasteiger partial charge in [-0.2, -0.15) is 0 Å². The normalized spacial score (nSPS) is 23.3. The molecule has 0 saturated carbocycles. The molecule has 3 fully saturated rings. The number of imide groups is 2. The van der Waals surface area contributed by atoms with E-state index in [0.29, 0.717) is 22.8 Å². The van der Waals surface area contributed by atoms with Crippen LogP contribution in [-0.4, -0.2) is 108 Å². The highest BCUT2D eigenvalue weighted by Gasteiger charge is 2.45. The number of piperidine rings is 2. The summed E-state index contributed by atoms with van der Waals surface area (Å²) in [4.78, 5) is 58.8. The summed E-state index contributed by atoms with van der Waals surface area (Å²) in [7, 11) is 0. The van der Waals surface area contributed by atoms with Crippen molar-refractivity contribution < 1.29 is 29.0 Å². The van der Waals surface area contributed by atoms with Crippen LogP contribution in [0.1, 0.15) is 86.9 Å². The molecular formula is C46H49N5O6. The summed E-state index contributed by atoms with van der Waals surface area (Å²) >= 11 is 0. The molecule has 4 aromatic rings. The van der Waals surface area contributed by atoms with Crippen molar-refractivity contribution in [2.45, 2.75) is 62.5 Å². The second kappa shape index (κ2) is 15.8. The molecule has 9 rings (SSSR count). The van der Waals surface area contributed by atoms with E-state index in [4.69, 9.17) is 4.74 Å². The van der Waals surface area contributed by atoms with E-state index >= 15 is 0 Å². The van der Waals surface area contributed by atoms with Gasteiger partial charge in [-0.3, -0.25) is 34.3 Å². The van der Waals surface area contributed by atoms with Crippen molar-refractivity contribution in [1.82, 2.24) is 20.0 Å². The Kier molecular flexibility index (Phi) is 10.3. The number of carbonyl (C=O) groups excluding carboxylic acids is 4. The molecule has 3 atom stereocenters. The number of benzene rings is 4. The first kappa shape index (κ1) is 37.1. The lowest BCUT2D eigenvalue weighted by Crippen LogP contribution is -2.54. The van der Waals surface area contributed by atoms with Gasteiger partial charge in [-0.1, -0.05) is 48.5 Å². The summed E-state index contributed by atoms with van der Waals surface area (Å²) in [5.74, 6) is -0.102. The number of aromatic hydroxyl groups is 1. The van der Waals surface area contributed by atoms with Crippen molar-refractivity contribution in [3.63, 3.8) is 0 Å². The van der Waals surface area contributed by atoms with Gasteiger partial charge in [-0.25, -0.2) is 0 Å². The number of anilines is 1. The van der Waals surface area contributed by atoms with E-state index in [1.54, 1.807) is 12.1 Å². The molecule has 4 aliphatic heterocycles. The van der Waals surface area contributed by atoms with Crippen LogP contribution < -0.4 is 15.0 Å². The van der Waals surface area contributed by atoms with Gasteiger partial charge in [0.15, 0.2) is 0 Å². The summed E-state index contributed by atoms with van der Waals surface area (Å²) in [6, 6.07) is 29.8. The van der Waals surface area contributed by atoms with E-state index < -0.39 is 23.8 Å². The number of fused-ring (bicyclic) bond motifs is 2. The molecule has 4 amide bonds. The number of carbonyl (C=O) groups is 4. The van der Waals surface area contributed by atoms with Gasteiger partial charge in [0.25, 0.3) is 11.8 Å². The maximum absolute atomic E-state index is 13.3. The maximum Gasteiger partial charge on any atom is 0.262 e. The zero-order valence-corrected chi connectivity index (χ0v) is 32.1. The predicted octanol–water partition coefficient (Wildman–Crippen LogP) is 5.32. The molecule has 0 radical (unpaired) electrons. The average Bonchev–Trinajstić information content (AvgIpc) is 3.48. The van der Waals surface area contributed by atoms with Crippen LogP contribution in [0, 0.1) is 0 Å². The minimum atomic E-state index is -0.962. The number of nitrogens with one attached hydrogen (secondary N) is 1. The Hall–Kier alpha value is -5.52. The Morgan fingerprint density at radius 1 is 0.667 bits per heavy atom. The molecular weight excluding hydrogens is 719 g/mol. The molecule has 0 spiro atoms. The standard InChI is InChI=1S/C46H49N5O6/c52-34-10-15-38-32(28-34)8-13-37(30-4-2-1-3-5-30)43(38)31-6-11-35(12-7-31)57-36-18-20-48(21-19-36)22-23-49-24-26-50(27-25-49)33-9-14-39-40(29-33)46(56)51(45(39)55)41-16-17-42(53)47-44(41)54/h1-7,9-12,14-15,28-29,36-37,41,43,52H,8,13,16-27H2,(H,47,53,54)/t37-,41?,43+/m1/s1. The number of nitrogens with zero attached hydrogens (tertiary/aromatic N) is 4. The lowest BCUT2D eigenvalue weighted by atomic mass is 9.69. The molecule has 294 valence electrons. The van der Waals surface area contributed by atoms with E-state index in [2.05, 4.69) is 80.7 Å². The molecule has 1 unspecified atom stereocenters. The molecule has 2 N–H and O–H groups in total. The summed E-state index contributed by atoms with van der Waals surface area (Å²) in [6.45, 7) is 7.46. The molecule has 11 nitrogen and oxygen atoms in total. The first-order valence-electron chi connectivity index (χ1n) is 20.5. The fraction of sp³-hybridized carbons (Fsp3) is 0.391. The first-order valence-corrected chi connectivity index (χ1v) is 20.5. The maximum atomic E-state index is 13.3. The number of aryl methyl sites for hydroxylation is 1. The van der Waals surface area contributed by atoms with Crippen LogP contribution >= 0.6 is 0 Å². The van der Waals surface area contributed by atoms with Gasteiger partial charge in [-0.15, -0.1) is 0 Å². The lowest BCUT2D eigenvalue weighted by Gasteiger charge is -2.38. The van der Waals surface area contributed by atoms with Gasteiger partial charge in [0.2, 0.25) is 11.8 Å². The van der Waals surface area contributed by atoms with E-state index in [1.807, 2.05) is 18.2 Å². The summed E-state index contributed by atoms with van der Waals surface area (Å²) in [5.41, 5.74) is 6.68. The Morgan fingerprint density at radius 3 is 2.12 bits per heavy atom. The van der Waals surface area contributed by atoms with Gasteiger partial charge >= 0.3 is 0 Å². The molecule has 5 aliphatic rings. The van der Waals surface area contributed by atoms with E-state index in [-0.39, 0.29) is 30.8 Å². The van der Waals surface area contributed by atoms with Crippen LogP contribution in [0.3, 0.4) is 0 Å². The highest BCUT2D eigenvalue weighted by molar-refractivity contribution is 6.23. The highest BCUT2D eigenvalue weighted by Crippen LogP contribution is 2.47. The van der Waals surface area contributed by atoms with E-state index in [9.17, 15) is 24.3 Å². The number of hydrogen-bond donors (Lipinski definition) is 2. The quantitative estimate of drug-likeness (QED) is 0.218. The van der Waals surface area contributed by atoms with Crippen molar-refractivity contribution in [3.05, 3.63) is 124 Å². The fourth-order valence-electron chi connectivity index (χ4n) is 9.64. The third-order valence-electron chi connectivity index (χ3n) is 12.8. The molecule has 4 heterocycles.